The van der Waals surface area contributed by atoms with Crippen molar-refractivity contribution in [3.05, 3.63) is 33.9 Å². The van der Waals surface area contributed by atoms with E-state index in [-0.39, 0.29) is 12.3 Å². The van der Waals surface area contributed by atoms with Gasteiger partial charge in [0.15, 0.2) is 0 Å². The predicted molar refractivity (Wildman–Crippen MR) is 83.7 cm³/mol. The van der Waals surface area contributed by atoms with Crippen molar-refractivity contribution < 1.29 is 14.3 Å². The topological polar surface area (TPSA) is 87.9 Å². The van der Waals surface area contributed by atoms with Crippen LogP contribution in [0.15, 0.2) is 18.2 Å². The number of hydrogen-bond donors (Lipinski definition) is 2. The minimum absolute atomic E-state index is 0.0454. The summed E-state index contributed by atoms with van der Waals surface area (Å²) in [7, 11) is -3.10. The molecule has 7 nitrogen and oxygen atoms in total. The van der Waals surface area contributed by atoms with Crippen molar-refractivity contribution in [1.82, 2.24) is 4.67 Å². The van der Waals surface area contributed by atoms with Gasteiger partial charge in [-0.3, -0.25) is 10.1 Å². The summed E-state index contributed by atoms with van der Waals surface area (Å²) in [6, 6.07) is 4.40. The number of nitro groups is 1. The zero-order chi connectivity index (χ0) is 15.5. The molecule has 10 heteroatoms. The second kappa shape index (κ2) is 7.05. The fourth-order valence-corrected chi connectivity index (χ4v) is 4.58. The molecule has 1 radical (unpaired) electrons. The molecule has 1 aromatic carbocycles. The second-order valence-corrected chi connectivity index (χ2v) is 7.25. The van der Waals surface area contributed by atoms with Gasteiger partial charge in [0.2, 0.25) is 0 Å². The molecule has 2 N–H and O–H groups in total. The lowest BCUT2D eigenvalue weighted by Gasteiger charge is -2.42. The van der Waals surface area contributed by atoms with Gasteiger partial charge in [-0.1, -0.05) is 0 Å². The van der Waals surface area contributed by atoms with Gasteiger partial charge in [-0.05, 0) is 6.07 Å². The van der Waals surface area contributed by atoms with E-state index in [2.05, 4.69) is 5.09 Å². The molecule has 0 saturated carbocycles. The SMILES string of the molecule is O=[N+]([O-])c1ccc2c(c1)N[P](O)(N(CCCl)CCCl)OC2. The van der Waals surface area contributed by atoms with Crippen molar-refractivity contribution in [2.45, 2.75) is 6.61 Å². The van der Waals surface area contributed by atoms with Crippen LogP contribution in [0.4, 0.5) is 11.4 Å². The first-order valence-corrected chi connectivity index (χ1v) is 8.87. The molecule has 0 fully saturated rings. The fourth-order valence-electron chi connectivity index (χ4n) is 1.99. The Labute approximate surface area is 132 Å². The minimum atomic E-state index is -3.10. The summed E-state index contributed by atoms with van der Waals surface area (Å²) < 4.78 is 7.20. The van der Waals surface area contributed by atoms with Gasteiger partial charge in [0.25, 0.3) is 13.7 Å². The first-order valence-electron chi connectivity index (χ1n) is 6.19. The number of nitrogens with zero attached hydrogens (tertiary/aromatic N) is 2. The van der Waals surface area contributed by atoms with E-state index in [0.29, 0.717) is 30.5 Å². The van der Waals surface area contributed by atoms with Crippen LogP contribution in [0.25, 0.3) is 0 Å². The molecular weight excluding hydrogens is 340 g/mol. The van der Waals surface area contributed by atoms with E-state index in [1.807, 2.05) is 0 Å². The van der Waals surface area contributed by atoms with Crippen LogP contribution in [0.3, 0.4) is 0 Å². The van der Waals surface area contributed by atoms with Crippen molar-refractivity contribution in [3.63, 3.8) is 0 Å². The summed E-state index contributed by atoms with van der Waals surface area (Å²) in [4.78, 5) is 21.0. The maximum atomic E-state index is 10.8. The number of hydrogen-bond acceptors (Lipinski definition) is 6. The lowest BCUT2D eigenvalue weighted by Crippen LogP contribution is -2.34. The van der Waals surface area contributed by atoms with Crippen LogP contribution in [-0.4, -0.2) is 39.3 Å². The highest BCUT2D eigenvalue weighted by Gasteiger charge is 2.38. The van der Waals surface area contributed by atoms with E-state index < -0.39 is 12.9 Å². The maximum Gasteiger partial charge on any atom is 0.271 e. The number of nitro benzene ring substituents is 1. The van der Waals surface area contributed by atoms with Gasteiger partial charge < -0.3 is 14.5 Å². The number of alkyl halides is 2. The van der Waals surface area contributed by atoms with E-state index >= 15 is 0 Å². The summed E-state index contributed by atoms with van der Waals surface area (Å²) >= 11 is 11.5. The van der Waals surface area contributed by atoms with Gasteiger partial charge in [-0.15, -0.1) is 23.2 Å². The molecule has 0 amide bonds. The largest absolute Gasteiger partial charge is 0.329 e. The molecule has 0 spiro atoms. The van der Waals surface area contributed by atoms with E-state index in [1.54, 1.807) is 10.7 Å². The third kappa shape index (κ3) is 3.74. The Morgan fingerprint density at radius 3 is 2.67 bits per heavy atom. The summed E-state index contributed by atoms with van der Waals surface area (Å²) in [6.07, 6.45) is 0. The van der Waals surface area contributed by atoms with Crippen LogP contribution in [-0.2, 0) is 11.1 Å². The molecule has 0 saturated heterocycles. The average Bonchev–Trinajstić information content (AvgIpc) is 2.46. The smallest absolute Gasteiger partial charge is 0.271 e. The molecule has 21 heavy (non-hydrogen) atoms. The van der Waals surface area contributed by atoms with Gasteiger partial charge in [0.1, 0.15) is 0 Å². The van der Waals surface area contributed by atoms with Gasteiger partial charge in [-0.25, -0.2) is 4.67 Å². The Morgan fingerprint density at radius 2 is 2.10 bits per heavy atom. The van der Waals surface area contributed by atoms with Gasteiger partial charge in [0, 0.05) is 42.5 Å². The highest BCUT2D eigenvalue weighted by Crippen LogP contribution is 2.61. The molecule has 1 atom stereocenters. The standard InChI is InChI=1S/C11H15Cl2N3O4P/c12-3-5-15(6-4-13)21(19)14-11-7-10(16(17)18)2-1-9(11)8-20-21/h1-2,7,14,19H,3-6,8H2. The van der Waals surface area contributed by atoms with Gasteiger partial charge in [-0.2, -0.15) is 0 Å². The number of halogens is 2. The Morgan fingerprint density at radius 1 is 1.43 bits per heavy atom. The lowest BCUT2D eigenvalue weighted by atomic mass is 10.2. The monoisotopic (exact) mass is 354 g/mol. The highest BCUT2D eigenvalue weighted by molar-refractivity contribution is 7.64. The van der Waals surface area contributed by atoms with Crippen molar-refractivity contribution in [3.8, 4) is 0 Å². The molecule has 1 aliphatic rings. The molecule has 117 valence electrons. The highest BCUT2D eigenvalue weighted by atomic mass is 35.5. The van der Waals surface area contributed by atoms with E-state index in [9.17, 15) is 15.0 Å². The van der Waals surface area contributed by atoms with Crippen LogP contribution < -0.4 is 5.09 Å². The number of fused-ring (bicyclic) bond motifs is 1. The van der Waals surface area contributed by atoms with Gasteiger partial charge >= 0.3 is 0 Å². The first kappa shape index (κ1) is 16.7. The molecule has 0 bridgehead atoms. The summed E-state index contributed by atoms with van der Waals surface area (Å²) in [5, 5.41) is 13.7. The Bertz CT molecular complexity index is 530. The van der Waals surface area contributed by atoms with Crippen LogP contribution in [0.5, 0.6) is 0 Å². The summed E-state index contributed by atoms with van der Waals surface area (Å²) in [6.45, 7) is 0.970. The molecular formula is C11H15Cl2N3O4P. The molecule has 1 aromatic rings. The molecule has 0 aromatic heterocycles. The Kier molecular flexibility index (Phi) is 5.60. The predicted octanol–water partition coefficient (Wildman–Crippen LogP) is 2.99. The molecule has 2 rings (SSSR count). The average molecular weight is 355 g/mol. The summed E-state index contributed by atoms with van der Waals surface area (Å²) in [5.41, 5.74) is 1.21. The number of non-ortho nitro benzene ring substituents is 1. The van der Waals surface area contributed by atoms with Crippen LogP contribution in [0.1, 0.15) is 5.56 Å². The van der Waals surface area contributed by atoms with Crippen LogP contribution >= 0.6 is 31.2 Å². The molecule has 1 aliphatic heterocycles. The quantitative estimate of drug-likeness (QED) is 0.353. The van der Waals surface area contributed by atoms with Crippen LogP contribution in [0.2, 0.25) is 0 Å². The zero-order valence-electron chi connectivity index (χ0n) is 11.0. The van der Waals surface area contributed by atoms with Crippen LogP contribution in [0, 0.1) is 10.1 Å². The number of anilines is 1. The Hall–Kier alpha value is -0.690. The number of rotatable bonds is 6. The lowest BCUT2D eigenvalue weighted by molar-refractivity contribution is -0.384. The number of nitrogens with one attached hydrogen (secondary N) is 1. The second-order valence-electron chi connectivity index (χ2n) is 4.36. The first-order chi connectivity index (χ1) is 10.00. The van der Waals surface area contributed by atoms with E-state index in [4.69, 9.17) is 27.7 Å². The van der Waals surface area contributed by atoms with E-state index in [1.165, 1.54) is 12.1 Å². The molecule has 1 unspecified atom stereocenters. The summed E-state index contributed by atoms with van der Waals surface area (Å²) in [5.74, 6) is 0.623. The van der Waals surface area contributed by atoms with Crippen molar-refractivity contribution in [2.75, 3.05) is 29.9 Å². The van der Waals surface area contributed by atoms with Crippen molar-refractivity contribution >= 4 is 42.6 Å². The number of benzene rings is 1. The molecule has 1 heterocycles. The Balaban J connectivity index is 2.26. The molecule has 0 aliphatic carbocycles. The maximum absolute atomic E-state index is 10.8. The van der Waals surface area contributed by atoms with Gasteiger partial charge in [0.05, 0.1) is 17.2 Å². The van der Waals surface area contributed by atoms with Crippen molar-refractivity contribution in [1.29, 1.82) is 0 Å². The third-order valence-corrected chi connectivity index (χ3v) is 5.57. The normalized spacial score (nSPS) is 21.0. The third-order valence-electron chi connectivity index (χ3n) is 3.04. The van der Waals surface area contributed by atoms with Crippen molar-refractivity contribution in [2.24, 2.45) is 0 Å². The minimum Gasteiger partial charge on any atom is -0.329 e. The fraction of sp³-hybridized carbons (Fsp3) is 0.455. The van der Waals surface area contributed by atoms with E-state index in [0.717, 1.165) is 5.56 Å². The zero-order valence-corrected chi connectivity index (χ0v) is 13.4.